The zero-order chi connectivity index (χ0) is 19.2. The normalized spacial score (nSPS) is 11.9. The van der Waals surface area contributed by atoms with E-state index in [1.165, 1.54) is 11.8 Å². The van der Waals surface area contributed by atoms with E-state index in [2.05, 4.69) is 10.2 Å². The minimum Gasteiger partial charge on any atom is -0.370 e. The molecule has 0 aliphatic heterocycles. The number of primary amides is 1. The highest BCUT2D eigenvalue weighted by molar-refractivity contribution is 8.00. The molecular weight excluding hydrogens is 360 g/mol. The highest BCUT2D eigenvalue weighted by Gasteiger charge is 2.25. The van der Waals surface area contributed by atoms with Gasteiger partial charge in [0.25, 0.3) is 0 Å². The van der Waals surface area contributed by atoms with Crippen LogP contribution >= 0.6 is 11.8 Å². The van der Waals surface area contributed by atoms with Crippen LogP contribution in [0.5, 0.6) is 0 Å². The van der Waals surface area contributed by atoms with Gasteiger partial charge in [-0.2, -0.15) is 0 Å². The first-order valence-electron chi connectivity index (χ1n) is 8.53. The molecule has 2 aromatic carbocycles. The fourth-order valence-corrected chi connectivity index (χ4v) is 3.76. The van der Waals surface area contributed by atoms with Crippen molar-refractivity contribution in [3.8, 4) is 0 Å². The molecule has 2 N–H and O–H groups in total. The van der Waals surface area contributed by atoms with Gasteiger partial charge in [-0.05, 0) is 5.56 Å². The van der Waals surface area contributed by atoms with E-state index in [1.54, 1.807) is 0 Å². The van der Waals surface area contributed by atoms with Crippen LogP contribution in [0.1, 0.15) is 33.4 Å². The summed E-state index contributed by atoms with van der Waals surface area (Å²) in [5.41, 5.74) is 6.76. The van der Waals surface area contributed by atoms with Crippen LogP contribution < -0.4 is 5.73 Å². The van der Waals surface area contributed by atoms with Crippen molar-refractivity contribution in [2.75, 3.05) is 0 Å². The number of hydrogen-bond donors (Lipinski definition) is 1. The molecule has 3 aromatic rings. The number of hydrogen-bond acceptors (Lipinski definition) is 5. The Kier molecular flexibility index (Phi) is 6.03. The summed E-state index contributed by atoms with van der Waals surface area (Å²) in [7, 11) is 1.83. The summed E-state index contributed by atoms with van der Waals surface area (Å²) in [4.78, 5) is 24.2. The summed E-state index contributed by atoms with van der Waals surface area (Å²) in [5, 5.41) is 8.52. The fraction of sp³-hybridized carbons (Fsp3) is 0.200. The van der Waals surface area contributed by atoms with Crippen molar-refractivity contribution >= 4 is 23.5 Å². The van der Waals surface area contributed by atoms with E-state index in [-0.39, 0.29) is 18.1 Å². The quantitative estimate of drug-likeness (QED) is 0.479. The number of benzene rings is 2. The van der Waals surface area contributed by atoms with Gasteiger partial charge in [-0.25, -0.2) is 0 Å². The molecule has 0 bridgehead atoms. The van der Waals surface area contributed by atoms with Crippen molar-refractivity contribution in [1.82, 2.24) is 14.8 Å². The molecule has 1 aromatic heterocycles. The lowest BCUT2D eigenvalue weighted by Crippen LogP contribution is -2.13. The highest BCUT2D eigenvalue weighted by atomic mass is 32.2. The predicted octanol–water partition coefficient (Wildman–Crippen LogP) is 2.95. The smallest absolute Gasteiger partial charge is 0.217 e. The van der Waals surface area contributed by atoms with E-state index >= 15 is 0 Å². The predicted molar refractivity (Wildman–Crippen MR) is 104 cm³/mol. The molecular formula is C20H20N4O2S. The molecule has 0 spiro atoms. The van der Waals surface area contributed by atoms with Crippen LogP contribution in [0.25, 0.3) is 0 Å². The van der Waals surface area contributed by atoms with Gasteiger partial charge in [0.15, 0.2) is 10.9 Å². The lowest BCUT2D eigenvalue weighted by Gasteiger charge is -2.15. The number of aromatic nitrogens is 3. The lowest BCUT2D eigenvalue weighted by molar-refractivity contribution is -0.118. The number of carbonyl (C=O) groups excluding carboxylic acids is 2. The monoisotopic (exact) mass is 380 g/mol. The minimum atomic E-state index is -0.444. The van der Waals surface area contributed by atoms with E-state index < -0.39 is 5.25 Å². The van der Waals surface area contributed by atoms with Crippen LogP contribution in [-0.4, -0.2) is 26.5 Å². The number of Topliss-reactive ketones (excluding diaryl/α,β-unsaturated/α-hetero) is 1. The molecule has 0 saturated heterocycles. The molecule has 0 saturated carbocycles. The third-order valence-corrected chi connectivity index (χ3v) is 5.43. The molecule has 7 heteroatoms. The molecule has 0 radical (unpaired) electrons. The SMILES string of the molecule is Cn1c(CCC(N)=O)nnc1S[C@@H](C(=O)c1ccccc1)c1ccccc1. The molecule has 3 rings (SSSR count). The number of thioether (sulfide) groups is 1. The Morgan fingerprint density at radius 2 is 1.67 bits per heavy atom. The van der Waals surface area contributed by atoms with E-state index in [4.69, 9.17) is 5.73 Å². The Balaban J connectivity index is 1.89. The van der Waals surface area contributed by atoms with Gasteiger partial charge in [-0.1, -0.05) is 72.4 Å². The molecule has 0 fully saturated rings. The average Bonchev–Trinajstić information content (AvgIpc) is 3.04. The van der Waals surface area contributed by atoms with Crippen LogP contribution in [-0.2, 0) is 18.3 Å². The Hall–Kier alpha value is -2.93. The van der Waals surface area contributed by atoms with Crippen molar-refractivity contribution in [1.29, 1.82) is 0 Å². The second-order valence-corrected chi connectivity index (χ2v) is 7.14. The van der Waals surface area contributed by atoms with E-state index in [9.17, 15) is 9.59 Å². The first-order valence-corrected chi connectivity index (χ1v) is 9.41. The third kappa shape index (κ3) is 4.62. The molecule has 0 aliphatic carbocycles. The van der Waals surface area contributed by atoms with Gasteiger partial charge in [0.05, 0.1) is 0 Å². The summed E-state index contributed by atoms with van der Waals surface area (Å²) >= 11 is 1.35. The average molecular weight is 380 g/mol. The standard InChI is InChI=1S/C20H20N4O2S/c1-24-17(13-12-16(21)25)22-23-20(24)27-19(15-10-6-3-7-11-15)18(26)14-8-4-2-5-9-14/h2-11,19H,12-13H2,1H3,(H2,21,25)/t19-/m1/s1. The maximum atomic E-state index is 13.1. The molecule has 0 unspecified atom stereocenters. The molecule has 138 valence electrons. The molecule has 1 atom stereocenters. The third-order valence-electron chi connectivity index (χ3n) is 4.14. The maximum absolute atomic E-state index is 13.1. The van der Waals surface area contributed by atoms with Crippen molar-refractivity contribution in [2.24, 2.45) is 12.8 Å². The number of rotatable bonds is 8. The van der Waals surface area contributed by atoms with E-state index in [0.717, 1.165) is 5.56 Å². The van der Waals surface area contributed by atoms with Crippen molar-refractivity contribution in [3.05, 3.63) is 77.6 Å². The van der Waals surface area contributed by atoms with Gasteiger partial charge in [0, 0.05) is 25.5 Å². The first-order chi connectivity index (χ1) is 13.1. The van der Waals surface area contributed by atoms with Crippen LogP contribution in [0.2, 0.25) is 0 Å². The van der Waals surface area contributed by atoms with Crippen LogP contribution in [0.15, 0.2) is 65.8 Å². The summed E-state index contributed by atoms with van der Waals surface area (Å²) in [6.07, 6.45) is 0.629. The molecule has 1 heterocycles. The van der Waals surface area contributed by atoms with Crippen LogP contribution in [0.3, 0.4) is 0 Å². The summed E-state index contributed by atoms with van der Waals surface area (Å²) < 4.78 is 1.81. The lowest BCUT2D eigenvalue weighted by atomic mass is 10.0. The molecule has 27 heavy (non-hydrogen) atoms. The number of nitrogens with two attached hydrogens (primary N) is 1. The van der Waals surface area contributed by atoms with Crippen molar-refractivity contribution in [3.63, 3.8) is 0 Å². The van der Waals surface area contributed by atoms with Gasteiger partial charge >= 0.3 is 0 Å². The highest BCUT2D eigenvalue weighted by Crippen LogP contribution is 2.37. The number of carbonyl (C=O) groups is 2. The van der Waals surface area contributed by atoms with Crippen LogP contribution in [0, 0.1) is 0 Å². The second kappa shape index (κ2) is 8.64. The summed E-state index contributed by atoms with van der Waals surface area (Å²) in [5.74, 6) is 0.289. The van der Waals surface area contributed by atoms with E-state index in [1.807, 2.05) is 72.3 Å². The largest absolute Gasteiger partial charge is 0.370 e. The number of aryl methyl sites for hydroxylation is 1. The topological polar surface area (TPSA) is 90.9 Å². The summed E-state index contributed by atoms with van der Waals surface area (Å²) in [6.45, 7) is 0. The number of nitrogens with zero attached hydrogens (tertiary/aromatic N) is 3. The zero-order valence-electron chi connectivity index (χ0n) is 14.9. The van der Waals surface area contributed by atoms with Crippen molar-refractivity contribution < 1.29 is 9.59 Å². The van der Waals surface area contributed by atoms with Crippen molar-refractivity contribution in [2.45, 2.75) is 23.2 Å². The Morgan fingerprint density at radius 3 is 2.30 bits per heavy atom. The Bertz CT molecular complexity index is 926. The summed E-state index contributed by atoms with van der Waals surface area (Å²) in [6, 6.07) is 18.8. The number of ketones is 1. The maximum Gasteiger partial charge on any atom is 0.217 e. The van der Waals surface area contributed by atoms with Gasteiger partial charge in [0.1, 0.15) is 11.1 Å². The zero-order valence-corrected chi connectivity index (χ0v) is 15.7. The Labute approximate surface area is 161 Å². The molecule has 1 amide bonds. The fourth-order valence-electron chi connectivity index (χ4n) is 2.66. The van der Waals surface area contributed by atoms with E-state index in [0.29, 0.717) is 23.0 Å². The van der Waals surface area contributed by atoms with Gasteiger partial charge in [0.2, 0.25) is 5.91 Å². The Morgan fingerprint density at radius 1 is 1.04 bits per heavy atom. The van der Waals surface area contributed by atoms with Gasteiger partial charge in [-0.15, -0.1) is 10.2 Å². The van der Waals surface area contributed by atoms with Gasteiger partial charge < -0.3 is 10.3 Å². The number of amides is 1. The van der Waals surface area contributed by atoms with Crippen LogP contribution in [0.4, 0.5) is 0 Å². The molecule has 0 aliphatic rings. The second-order valence-electron chi connectivity index (χ2n) is 6.06. The minimum absolute atomic E-state index is 0.00786. The van der Waals surface area contributed by atoms with Gasteiger partial charge in [-0.3, -0.25) is 9.59 Å². The first kappa shape index (κ1) is 18.8. The molecule has 6 nitrogen and oxygen atoms in total.